The Morgan fingerprint density at radius 1 is 0.906 bits per heavy atom. The molecular weight excluding hydrogens is 701 g/mol. The number of hydrogen-bond acceptors (Lipinski definition) is 5. The van der Waals surface area contributed by atoms with Crippen LogP contribution in [0.5, 0.6) is 0 Å². The molecule has 3 aliphatic rings. The van der Waals surface area contributed by atoms with Crippen LogP contribution in [0, 0.1) is 0 Å². The maximum Gasteiger partial charge on any atom is 0.416 e. The highest BCUT2D eigenvalue weighted by Gasteiger charge is 2.49. The van der Waals surface area contributed by atoms with Crippen LogP contribution in [0.1, 0.15) is 75.8 Å². The maximum absolute atomic E-state index is 13.6. The number of carbonyl (C=O) groups is 1. The fourth-order valence-electron chi connectivity index (χ4n) is 7.84. The van der Waals surface area contributed by atoms with Crippen LogP contribution in [0.3, 0.4) is 0 Å². The van der Waals surface area contributed by atoms with E-state index in [2.05, 4.69) is 58.4 Å². The largest absolute Gasteiger partial charge is 0.416 e. The van der Waals surface area contributed by atoms with Crippen LogP contribution in [-0.2, 0) is 48.9 Å². The van der Waals surface area contributed by atoms with Crippen LogP contribution in [-0.4, -0.2) is 43.9 Å². The van der Waals surface area contributed by atoms with Crippen LogP contribution >= 0.6 is 11.6 Å². The standard InChI is InChI=1S/C42H38ClF3N4O3/c43-35-10-3-7-30-24-49(20-16-33(30)35)23-26-12-14-27(15-13-26)28-5-1-8-31(21-28)41(17-18-41)40-47-36-11-4-19-50(25-34(36)38(52)48-40)39(53)37(51)29-6-2-9-32(22-29)42(44,45)46/h1-3,5-10,12-15,21-22,37,51H,4,11,16-20,23-25H2,(H,47,48,52)/t37-/m1/s1. The smallest absolute Gasteiger partial charge is 0.378 e. The number of alkyl halides is 3. The fourth-order valence-corrected chi connectivity index (χ4v) is 8.13. The molecule has 272 valence electrons. The Labute approximate surface area is 310 Å². The number of carbonyl (C=O) groups excluding carboxylic acids is 1. The van der Waals surface area contributed by atoms with Gasteiger partial charge in [-0.05, 0) is 89.2 Å². The number of rotatable bonds is 7. The normalized spacial score (nSPS) is 17.4. The molecule has 1 aromatic heterocycles. The first-order chi connectivity index (χ1) is 25.5. The van der Waals surface area contributed by atoms with E-state index in [1.165, 1.54) is 27.7 Å². The van der Waals surface area contributed by atoms with E-state index in [-0.39, 0.29) is 24.2 Å². The van der Waals surface area contributed by atoms with E-state index < -0.39 is 29.2 Å². The number of aromatic nitrogens is 2. The van der Waals surface area contributed by atoms with Gasteiger partial charge in [-0.15, -0.1) is 0 Å². The molecule has 3 heterocycles. The number of nitrogens with zero attached hydrogens (tertiary/aromatic N) is 3. The second-order valence-electron chi connectivity index (χ2n) is 14.4. The molecule has 1 atom stereocenters. The van der Waals surface area contributed by atoms with Crippen molar-refractivity contribution in [3.05, 3.63) is 157 Å². The number of aryl methyl sites for hydroxylation is 1. The molecule has 8 rings (SSSR count). The Hall–Kier alpha value is -4.77. The number of nitrogens with one attached hydrogen (secondary N) is 1. The zero-order valence-electron chi connectivity index (χ0n) is 28.9. The van der Waals surface area contributed by atoms with E-state index in [0.717, 1.165) is 78.8 Å². The van der Waals surface area contributed by atoms with E-state index in [9.17, 15) is 27.9 Å². The Kier molecular flexibility index (Phi) is 9.25. The molecule has 0 unspecified atom stereocenters. The number of aromatic amines is 1. The van der Waals surface area contributed by atoms with Gasteiger partial charge in [-0.2, -0.15) is 13.2 Å². The summed E-state index contributed by atoms with van der Waals surface area (Å²) in [6, 6.07) is 27.3. The summed E-state index contributed by atoms with van der Waals surface area (Å²) in [4.78, 5) is 38.7. The first-order valence-corrected chi connectivity index (χ1v) is 18.3. The number of fused-ring (bicyclic) bond motifs is 2. The molecule has 7 nitrogen and oxygen atoms in total. The zero-order valence-corrected chi connectivity index (χ0v) is 29.7. The monoisotopic (exact) mass is 738 g/mol. The number of aliphatic hydroxyl groups excluding tert-OH is 1. The minimum atomic E-state index is -4.61. The number of benzene rings is 4. The summed E-state index contributed by atoms with van der Waals surface area (Å²) < 4.78 is 39.8. The Morgan fingerprint density at radius 2 is 1.68 bits per heavy atom. The van der Waals surface area contributed by atoms with Gasteiger partial charge in [0.2, 0.25) is 0 Å². The predicted octanol–water partition coefficient (Wildman–Crippen LogP) is 7.76. The molecule has 0 saturated heterocycles. The van der Waals surface area contributed by atoms with Gasteiger partial charge in [0, 0.05) is 31.2 Å². The fraction of sp³-hybridized carbons (Fsp3) is 0.310. The summed E-state index contributed by atoms with van der Waals surface area (Å²) in [7, 11) is 0. The third-order valence-electron chi connectivity index (χ3n) is 11.0. The second kappa shape index (κ2) is 13.9. The molecule has 1 amide bonds. The van der Waals surface area contributed by atoms with E-state index in [4.69, 9.17) is 16.6 Å². The minimum absolute atomic E-state index is 0.0926. The van der Waals surface area contributed by atoms with E-state index in [0.29, 0.717) is 29.9 Å². The van der Waals surface area contributed by atoms with Gasteiger partial charge >= 0.3 is 6.18 Å². The molecule has 2 N–H and O–H groups in total. The van der Waals surface area contributed by atoms with Gasteiger partial charge in [0.1, 0.15) is 5.82 Å². The molecule has 0 bridgehead atoms. The van der Waals surface area contributed by atoms with Crippen LogP contribution < -0.4 is 5.56 Å². The molecule has 4 aromatic carbocycles. The highest BCUT2D eigenvalue weighted by Crippen LogP contribution is 2.52. The average molecular weight is 739 g/mol. The Balaban J connectivity index is 0.977. The molecule has 0 radical (unpaired) electrons. The van der Waals surface area contributed by atoms with Gasteiger partial charge in [0.25, 0.3) is 11.5 Å². The lowest BCUT2D eigenvalue weighted by atomic mass is 9.91. The van der Waals surface area contributed by atoms with Crippen LogP contribution in [0.25, 0.3) is 11.1 Å². The highest BCUT2D eigenvalue weighted by atomic mass is 35.5. The third-order valence-corrected chi connectivity index (χ3v) is 11.3. The van der Waals surface area contributed by atoms with Crippen molar-refractivity contribution in [1.82, 2.24) is 19.8 Å². The molecule has 11 heteroatoms. The van der Waals surface area contributed by atoms with Crippen molar-refractivity contribution in [2.45, 2.75) is 69.4 Å². The molecule has 2 aliphatic heterocycles. The first kappa shape index (κ1) is 35.3. The maximum atomic E-state index is 13.6. The number of H-pyrrole nitrogens is 1. The van der Waals surface area contributed by atoms with Gasteiger partial charge in [-0.1, -0.05) is 84.4 Å². The summed E-state index contributed by atoms with van der Waals surface area (Å²) >= 11 is 6.42. The number of hydrogen-bond donors (Lipinski definition) is 2. The lowest BCUT2D eigenvalue weighted by Crippen LogP contribution is -2.36. The van der Waals surface area contributed by atoms with Gasteiger partial charge in [0.15, 0.2) is 6.10 Å². The number of amides is 1. The van der Waals surface area contributed by atoms with Crippen LogP contribution in [0.4, 0.5) is 13.2 Å². The van der Waals surface area contributed by atoms with Crippen molar-refractivity contribution in [3.8, 4) is 11.1 Å². The Bertz CT molecular complexity index is 2250. The number of aliphatic hydroxyl groups is 1. The molecule has 0 spiro atoms. The molecule has 5 aromatic rings. The van der Waals surface area contributed by atoms with Crippen LogP contribution in [0.15, 0.2) is 95.8 Å². The lowest BCUT2D eigenvalue weighted by molar-refractivity contribution is -0.142. The van der Waals surface area contributed by atoms with E-state index in [1.807, 2.05) is 18.2 Å². The second-order valence-corrected chi connectivity index (χ2v) is 14.8. The van der Waals surface area contributed by atoms with Crippen molar-refractivity contribution in [1.29, 1.82) is 0 Å². The summed E-state index contributed by atoms with van der Waals surface area (Å²) in [6.45, 7) is 2.83. The van der Waals surface area contributed by atoms with Crippen molar-refractivity contribution < 1.29 is 23.1 Å². The topological polar surface area (TPSA) is 89.5 Å². The van der Waals surface area contributed by atoms with Crippen molar-refractivity contribution >= 4 is 17.5 Å². The van der Waals surface area contributed by atoms with Crippen molar-refractivity contribution in [3.63, 3.8) is 0 Å². The van der Waals surface area contributed by atoms with Crippen molar-refractivity contribution in [2.75, 3.05) is 13.1 Å². The summed E-state index contributed by atoms with van der Waals surface area (Å²) in [5, 5.41) is 11.6. The zero-order chi connectivity index (χ0) is 36.9. The first-order valence-electron chi connectivity index (χ1n) is 17.9. The minimum Gasteiger partial charge on any atom is -0.378 e. The molecule has 1 aliphatic carbocycles. The molecule has 1 saturated carbocycles. The van der Waals surface area contributed by atoms with Gasteiger partial charge < -0.3 is 15.0 Å². The van der Waals surface area contributed by atoms with Gasteiger partial charge in [-0.3, -0.25) is 14.5 Å². The average Bonchev–Trinajstić information content (AvgIpc) is 4.00. The quantitative estimate of drug-likeness (QED) is 0.178. The van der Waals surface area contributed by atoms with Crippen molar-refractivity contribution in [2.24, 2.45) is 0 Å². The van der Waals surface area contributed by atoms with E-state index in [1.54, 1.807) is 0 Å². The predicted molar refractivity (Wildman–Crippen MR) is 196 cm³/mol. The SMILES string of the molecule is O=C([C@H](O)c1cccc(C(F)(F)F)c1)N1CCCc2nc(C3(c4cccc(-c5ccc(CN6CCc7c(Cl)cccc7C6)cc5)c4)CC3)[nH]c(=O)c2C1. The highest BCUT2D eigenvalue weighted by molar-refractivity contribution is 6.31. The van der Waals surface area contributed by atoms with Crippen LogP contribution in [0.2, 0.25) is 5.02 Å². The summed E-state index contributed by atoms with van der Waals surface area (Å²) in [5.74, 6) is -0.159. The third kappa shape index (κ3) is 7.03. The summed E-state index contributed by atoms with van der Waals surface area (Å²) in [5.41, 5.74) is 6.09. The number of halogens is 4. The molecule has 1 fully saturated rings. The van der Waals surface area contributed by atoms with E-state index >= 15 is 0 Å². The Morgan fingerprint density at radius 3 is 2.45 bits per heavy atom. The van der Waals surface area contributed by atoms with Gasteiger partial charge in [0.05, 0.1) is 28.8 Å². The molecule has 53 heavy (non-hydrogen) atoms. The lowest BCUT2D eigenvalue weighted by Gasteiger charge is -2.29. The summed E-state index contributed by atoms with van der Waals surface area (Å²) in [6.07, 6.45) is -2.86. The molecular formula is C42H38ClF3N4O3. The van der Waals surface area contributed by atoms with Gasteiger partial charge in [-0.25, -0.2) is 4.98 Å².